The molecule has 0 spiro atoms. The van der Waals surface area contributed by atoms with E-state index in [1.54, 1.807) is 11.4 Å². The summed E-state index contributed by atoms with van der Waals surface area (Å²) in [5, 5.41) is 4.03. The molecule has 1 aliphatic rings. The molecule has 0 bridgehead atoms. The number of nitrogens with one attached hydrogen (secondary N) is 1. The Hall–Kier alpha value is -1.84. The summed E-state index contributed by atoms with van der Waals surface area (Å²) in [5.74, 6) is -3.32. The molecule has 2 aromatic rings. The van der Waals surface area contributed by atoms with E-state index < -0.39 is 33.5 Å². The van der Waals surface area contributed by atoms with Gasteiger partial charge < -0.3 is 5.32 Å². The lowest BCUT2D eigenvalue weighted by molar-refractivity contribution is -0.120. The summed E-state index contributed by atoms with van der Waals surface area (Å²) in [7, 11) is -3.64. The van der Waals surface area contributed by atoms with Crippen molar-refractivity contribution in [1.82, 2.24) is 4.31 Å². The molecule has 0 saturated carbocycles. The minimum Gasteiger partial charge on any atom is -0.323 e. The fourth-order valence-corrected chi connectivity index (χ4v) is 5.42. The van der Waals surface area contributed by atoms with Gasteiger partial charge in [0, 0.05) is 13.1 Å². The second-order valence-electron chi connectivity index (χ2n) is 5.72. The van der Waals surface area contributed by atoms with Gasteiger partial charge >= 0.3 is 0 Å². The van der Waals surface area contributed by atoms with Gasteiger partial charge in [-0.05, 0) is 36.4 Å². The van der Waals surface area contributed by atoms with E-state index in [2.05, 4.69) is 5.32 Å². The number of rotatable bonds is 4. The zero-order valence-electron chi connectivity index (χ0n) is 13.1. The highest BCUT2D eigenvalue weighted by Gasteiger charge is 2.34. The summed E-state index contributed by atoms with van der Waals surface area (Å²) >= 11 is 1.12. The second-order valence-corrected chi connectivity index (χ2v) is 8.84. The monoisotopic (exact) mass is 386 g/mol. The predicted molar refractivity (Wildman–Crippen MR) is 90.8 cm³/mol. The molecule has 2 heterocycles. The van der Waals surface area contributed by atoms with Crippen molar-refractivity contribution in [3.05, 3.63) is 47.3 Å². The van der Waals surface area contributed by atoms with E-state index in [9.17, 15) is 22.0 Å². The van der Waals surface area contributed by atoms with Gasteiger partial charge in [-0.15, -0.1) is 11.3 Å². The highest BCUT2D eigenvalue weighted by Crippen LogP contribution is 2.27. The first-order chi connectivity index (χ1) is 11.9. The van der Waals surface area contributed by atoms with Gasteiger partial charge in [-0.1, -0.05) is 12.1 Å². The van der Waals surface area contributed by atoms with Crippen molar-refractivity contribution < 1.29 is 22.0 Å². The average molecular weight is 386 g/mol. The smallest absolute Gasteiger partial charge is 0.252 e. The predicted octanol–water partition coefficient (Wildman–Crippen LogP) is 3.07. The standard InChI is InChI=1S/C16H16F2N2O3S2/c17-12-5-1-6-13(15(12)18)19-16(21)11-4-2-8-20(10-11)25(22,23)14-7-3-9-24-14/h1,3,5-7,9,11H,2,4,8,10H2,(H,19,21). The van der Waals surface area contributed by atoms with Gasteiger partial charge in [-0.3, -0.25) is 4.79 Å². The number of carbonyl (C=O) groups excluding carboxylic acids is 1. The Morgan fingerprint density at radius 1 is 1.24 bits per heavy atom. The number of carbonyl (C=O) groups is 1. The molecule has 1 atom stereocenters. The SMILES string of the molecule is O=C(Nc1cccc(F)c1F)C1CCCN(S(=O)(=O)c2cccs2)C1. The van der Waals surface area contributed by atoms with Gasteiger partial charge in [0.2, 0.25) is 5.91 Å². The van der Waals surface area contributed by atoms with E-state index >= 15 is 0 Å². The first-order valence-electron chi connectivity index (χ1n) is 7.68. The Kier molecular flexibility index (Phi) is 5.16. The summed E-state index contributed by atoms with van der Waals surface area (Å²) in [6, 6.07) is 6.69. The van der Waals surface area contributed by atoms with Crippen LogP contribution in [0.15, 0.2) is 39.9 Å². The third-order valence-corrected chi connectivity index (χ3v) is 7.29. The first-order valence-corrected chi connectivity index (χ1v) is 10.00. The van der Waals surface area contributed by atoms with E-state index in [4.69, 9.17) is 0 Å². The van der Waals surface area contributed by atoms with Crippen molar-refractivity contribution in [2.45, 2.75) is 17.1 Å². The van der Waals surface area contributed by atoms with E-state index in [0.717, 1.165) is 17.4 Å². The fraction of sp³-hybridized carbons (Fsp3) is 0.312. The van der Waals surface area contributed by atoms with Crippen molar-refractivity contribution in [2.24, 2.45) is 5.92 Å². The Balaban J connectivity index is 1.73. The maximum absolute atomic E-state index is 13.7. The van der Waals surface area contributed by atoms with Crippen molar-refractivity contribution in [2.75, 3.05) is 18.4 Å². The zero-order chi connectivity index (χ0) is 18.0. The molecule has 5 nitrogen and oxygen atoms in total. The number of amides is 1. The summed E-state index contributed by atoms with van der Waals surface area (Å²) in [5.41, 5.74) is -0.247. The lowest BCUT2D eigenvalue weighted by Crippen LogP contribution is -2.43. The van der Waals surface area contributed by atoms with E-state index in [-0.39, 0.29) is 16.4 Å². The number of benzene rings is 1. The molecule has 1 amide bonds. The maximum atomic E-state index is 13.7. The molecule has 1 saturated heterocycles. The van der Waals surface area contributed by atoms with Crippen LogP contribution in [0.4, 0.5) is 14.5 Å². The number of nitrogens with zero attached hydrogens (tertiary/aromatic N) is 1. The van der Waals surface area contributed by atoms with Crippen molar-refractivity contribution in [1.29, 1.82) is 0 Å². The number of thiophene rings is 1. The first kappa shape index (κ1) is 18.0. The Morgan fingerprint density at radius 3 is 2.76 bits per heavy atom. The molecule has 1 aliphatic heterocycles. The van der Waals surface area contributed by atoms with Crippen LogP contribution in [0.3, 0.4) is 0 Å². The average Bonchev–Trinajstić information content (AvgIpc) is 3.14. The fourth-order valence-electron chi connectivity index (χ4n) is 2.75. The van der Waals surface area contributed by atoms with E-state index in [1.807, 2.05) is 0 Å². The van der Waals surface area contributed by atoms with Gasteiger partial charge in [0.25, 0.3) is 10.0 Å². The highest BCUT2D eigenvalue weighted by molar-refractivity contribution is 7.91. The molecule has 1 N–H and O–H groups in total. The molecular weight excluding hydrogens is 370 g/mol. The quantitative estimate of drug-likeness (QED) is 0.878. The minimum atomic E-state index is -3.64. The van der Waals surface area contributed by atoms with Crippen molar-refractivity contribution >= 4 is 33.0 Å². The van der Waals surface area contributed by atoms with Crippen LogP contribution < -0.4 is 5.32 Å². The number of sulfonamides is 1. The molecule has 0 aliphatic carbocycles. The van der Waals surface area contributed by atoms with Gasteiger partial charge in [-0.2, -0.15) is 4.31 Å². The molecule has 3 rings (SSSR count). The molecule has 0 radical (unpaired) electrons. The number of halogens is 2. The van der Waals surface area contributed by atoms with Crippen LogP contribution in [0.25, 0.3) is 0 Å². The number of anilines is 1. The summed E-state index contributed by atoms with van der Waals surface area (Å²) in [4.78, 5) is 12.4. The topological polar surface area (TPSA) is 66.5 Å². The third kappa shape index (κ3) is 3.73. The van der Waals surface area contributed by atoms with Gasteiger partial charge in [0.1, 0.15) is 4.21 Å². The van der Waals surface area contributed by atoms with Crippen molar-refractivity contribution in [3.8, 4) is 0 Å². The zero-order valence-corrected chi connectivity index (χ0v) is 14.7. The third-order valence-electron chi connectivity index (χ3n) is 4.05. The summed E-state index contributed by atoms with van der Waals surface area (Å²) < 4.78 is 53.6. The van der Waals surface area contributed by atoms with Crippen LogP contribution in [0, 0.1) is 17.6 Å². The molecule has 1 fully saturated rings. The molecule has 1 aromatic heterocycles. The van der Waals surface area contributed by atoms with E-state index in [1.165, 1.54) is 22.5 Å². The summed E-state index contributed by atoms with van der Waals surface area (Å²) in [6.07, 6.45) is 1.01. The lowest BCUT2D eigenvalue weighted by atomic mass is 9.98. The number of hydrogen-bond donors (Lipinski definition) is 1. The Morgan fingerprint density at radius 2 is 2.04 bits per heavy atom. The largest absolute Gasteiger partial charge is 0.323 e. The van der Waals surface area contributed by atoms with Crippen LogP contribution in [0.5, 0.6) is 0 Å². The molecule has 9 heteroatoms. The Labute approximate surface area is 148 Å². The van der Waals surface area contributed by atoms with Crippen LogP contribution in [-0.2, 0) is 14.8 Å². The molecule has 1 unspecified atom stereocenters. The van der Waals surface area contributed by atoms with E-state index in [0.29, 0.717) is 19.4 Å². The summed E-state index contributed by atoms with van der Waals surface area (Å²) in [6.45, 7) is 0.349. The number of piperidine rings is 1. The van der Waals surface area contributed by atoms with Gasteiger partial charge in [-0.25, -0.2) is 17.2 Å². The van der Waals surface area contributed by atoms with Crippen molar-refractivity contribution in [3.63, 3.8) is 0 Å². The highest BCUT2D eigenvalue weighted by atomic mass is 32.2. The molecular formula is C16H16F2N2O3S2. The van der Waals surface area contributed by atoms with Crippen LogP contribution >= 0.6 is 11.3 Å². The molecule has 134 valence electrons. The van der Waals surface area contributed by atoms with Crippen LogP contribution in [-0.4, -0.2) is 31.7 Å². The van der Waals surface area contributed by atoms with Gasteiger partial charge in [0.15, 0.2) is 11.6 Å². The van der Waals surface area contributed by atoms with Gasteiger partial charge in [0.05, 0.1) is 11.6 Å². The molecule has 1 aromatic carbocycles. The minimum absolute atomic E-state index is 0.0169. The van der Waals surface area contributed by atoms with Crippen LogP contribution in [0.1, 0.15) is 12.8 Å². The molecule has 25 heavy (non-hydrogen) atoms. The normalized spacial score (nSPS) is 18.9. The van der Waals surface area contributed by atoms with Crippen LogP contribution in [0.2, 0.25) is 0 Å². The lowest BCUT2D eigenvalue weighted by Gasteiger charge is -2.30. The Bertz CT molecular complexity index is 870. The second kappa shape index (κ2) is 7.19. The maximum Gasteiger partial charge on any atom is 0.252 e. The number of hydrogen-bond acceptors (Lipinski definition) is 4.